The van der Waals surface area contributed by atoms with Gasteiger partial charge in [-0.05, 0) is 42.9 Å². The molecule has 1 aliphatic carbocycles. The summed E-state index contributed by atoms with van der Waals surface area (Å²) in [6.07, 6.45) is 7.94. The molecule has 0 spiro atoms. The van der Waals surface area contributed by atoms with Crippen LogP contribution in [0.1, 0.15) is 38.7 Å². The second-order valence-corrected chi connectivity index (χ2v) is 5.70. The van der Waals surface area contributed by atoms with Gasteiger partial charge in [-0.3, -0.25) is 0 Å². The summed E-state index contributed by atoms with van der Waals surface area (Å²) in [6.45, 7) is 6.19. The van der Waals surface area contributed by atoms with E-state index < -0.39 is 0 Å². The Morgan fingerprint density at radius 3 is 2.47 bits per heavy atom. The van der Waals surface area contributed by atoms with E-state index in [2.05, 4.69) is 55.6 Å². The van der Waals surface area contributed by atoms with Gasteiger partial charge in [-0.2, -0.15) is 0 Å². The van der Waals surface area contributed by atoms with Gasteiger partial charge in [-0.25, -0.2) is 0 Å². The van der Waals surface area contributed by atoms with E-state index in [0.29, 0.717) is 12.0 Å². The molecule has 0 saturated heterocycles. The smallest absolute Gasteiger partial charge is 0.119 e. The molecule has 0 aliphatic heterocycles. The van der Waals surface area contributed by atoms with Crippen LogP contribution in [0.3, 0.4) is 0 Å². The van der Waals surface area contributed by atoms with Gasteiger partial charge in [0.25, 0.3) is 0 Å². The molecule has 0 unspecified atom stereocenters. The van der Waals surface area contributed by atoms with E-state index >= 15 is 0 Å². The van der Waals surface area contributed by atoms with Crippen molar-refractivity contribution in [1.29, 1.82) is 0 Å². The summed E-state index contributed by atoms with van der Waals surface area (Å²) in [6, 6.07) is 9.08. The van der Waals surface area contributed by atoms with Crippen LogP contribution < -0.4 is 10.1 Å². The standard InChI is InChI=1S/C17H25NO/c1-14(2)11-12-19-17-9-7-15(8-10-17)13-18-16-5-3-4-6-16/h3-4,7-10,14,16,18H,5-6,11-13H2,1-2H3. The highest BCUT2D eigenvalue weighted by molar-refractivity contribution is 5.27. The van der Waals surface area contributed by atoms with Gasteiger partial charge < -0.3 is 10.1 Å². The zero-order valence-corrected chi connectivity index (χ0v) is 12.1. The van der Waals surface area contributed by atoms with Gasteiger partial charge in [0.05, 0.1) is 6.61 Å². The van der Waals surface area contributed by atoms with Crippen LogP contribution in [0.15, 0.2) is 36.4 Å². The average Bonchev–Trinajstić information content (AvgIpc) is 2.90. The topological polar surface area (TPSA) is 21.3 Å². The lowest BCUT2D eigenvalue weighted by molar-refractivity contribution is 0.289. The van der Waals surface area contributed by atoms with Gasteiger partial charge in [-0.15, -0.1) is 0 Å². The molecular formula is C17H25NO. The molecule has 2 rings (SSSR count). The fourth-order valence-corrected chi connectivity index (χ4v) is 2.16. The lowest BCUT2D eigenvalue weighted by atomic mass is 10.1. The zero-order valence-electron chi connectivity index (χ0n) is 12.1. The molecular weight excluding hydrogens is 234 g/mol. The van der Waals surface area contributed by atoms with Crippen LogP contribution in [-0.4, -0.2) is 12.6 Å². The normalized spacial score (nSPS) is 15.3. The van der Waals surface area contributed by atoms with Crippen LogP contribution in [0, 0.1) is 5.92 Å². The third-order valence-corrected chi connectivity index (χ3v) is 3.49. The van der Waals surface area contributed by atoms with Crippen molar-refractivity contribution in [2.24, 2.45) is 5.92 Å². The van der Waals surface area contributed by atoms with E-state index in [1.165, 1.54) is 5.56 Å². The summed E-state index contributed by atoms with van der Waals surface area (Å²) < 4.78 is 5.72. The molecule has 0 heterocycles. The Hall–Kier alpha value is -1.28. The molecule has 2 heteroatoms. The third-order valence-electron chi connectivity index (χ3n) is 3.49. The minimum absolute atomic E-state index is 0.627. The molecule has 1 N–H and O–H groups in total. The quantitative estimate of drug-likeness (QED) is 0.749. The van der Waals surface area contributed by atoms with Crippen molar-refractivity contribution in [3.63, 3.8) is 0 Å². The summed E-state index contributed by atoms with van der Waals surface area (Å²) in [5, 5.41) is 3.57. The molecule has 0 aromatic heterocycles. The van der Waals surface area contributed by atoms with Crippen LogP contribution in [0.25, 0.3) is 0 Å². The Morgan fingerprint density at radius 2 is 1.84 bits per heavy atom. The Balaban J connectivity index is 1.71. The van der Waals surface area contributed by atoms with Crippen molar-refractivity contribution < 1.29 is 4.74 Å². The lowest BCUT2D eigenvalue weighted by Gasteiger charge is -2.12. The van der Waals surface area contributed by atoms with E-state index in [1.807, 2.05) is 0 Å². The second kappa shape index (κ2) is 7.34. The van der Waals surface area contributed by atoms with Gasteiger partial charge in [-0.1, -0.05) is 38.1 Å². The first kappa shape index (κ1) is 14.1. The van der Waals surface area contributed by atoms with Crippen LogP contribution in [0.2, 0.25) is 0 Å². The fraction of sp³-hybridized carbons (Fsp3) is 0.529. The predicted molar refractivity (Wildman–Crippen MR) is 80.4 cm³/mol. The van der Waals surface area contributed by atoms with Crippen molar-refractivity contribution in [3.8, 4) is 5.75 Å². The van der Waals surface area contributed by atoms with Crippen molar-refractivity contribution >= 4 is 0 Å². The van der Waals surface area contributed by atoms with E-state index in [9.17, 15) is 0 Å². The van der Waals surface area contributed by atoms with E-state index in [0.717, 1.165) is 38.2 Å². The SMILES string of the molecule is CC(C)CCOc1ccc(CNC2CC=CC2)cc1. The fourth-order valence-electron chi connectivity index (χ4n) is 2.16. The molecule has 0 saturated carbocycles. The molecule has 1 aliphatic rings. The summed E-state index contributed by atoms with van der Waals surface area (Å²) in [5.41, 5.74) is 1.32. The highest BCUT2D eigenvalue weighted by Gasteiger charge is 2.08. The number of rotatable bonds is 7. The number of nitrogens with one attached hydrogen (secondary N) is 1. The molecule has 2 nitrogen and oxygen atoms in total. The van der Waals surface area contributed by atoms with Crippen LogP contribution in [0.4, 0.5) is 0 Å². The van der Waals surface area contributed by atoms with Crippen molar-refractivity contribution in [2.75, 3.05) is 6.61 Å². The third kappa shape index (κ3) is 5.07. The maximum Gasteiger partial charge on any atom is 0.119 e. The maximum absolute atomic E-state index is 5.72. The summed E-state index contributed by atoms with van der Waals surface area (Å²) in [5.74, 6) is 1.68. The van der Waals surface area contributed by atoms with Gasteiger partial charge >= 0.3 is 0 Å². The molecule has 0 atom stereocenters. The Kier molecular flexibility index (Phi) is 5.46. The molecule has 104 valence electrons. The van der Waals surface area contributed by atoms with E-state index in [-0.39, 0.29) is 0 Å². The Morgan fingerprint density at radius 1 is 1.16 bits per heavy atom. The summed E-state index contributed by atoms with van der Waals surface area (Å²) in [4.78, 5) is 0. The van der Waals surface area contributed by atoms with Gasteiger partial charge in [0.15, 0.2) is 0 Å². The molecule has 0 amide bonds. The molecule has 19 heavy (non-hydrogen) atoms. The van der Waals surface area contributed by atoms with Crippen LogP contribution >= 0.6 is 0 Å². The second-order valence-electron chi connectivity index (χ2n) is 5.70. The van der Waals surface area contributed by atoms with Crippen molar-refractivity contribution in [1.82, 2.24) is 5.32 Å². The summed E-state index contributed by atoms with van der Waals surface area (Å²) in [7, 11) is 0. The summed E-state index contributed by atoms with van der Waals surface area (Å²) >= 11 is 0. The number of ether oxygens (including phenoxy) is 1. The first-order valence-electron chi connectivity index (χ1n) is 7.34. The van der Waals surface area contributed by atoms with E-state index in [1.54, 1.807) is 0 Å². The van der Waals surface area contributed by atoms with Gasteiger partial charge in [0, 0.05) is 12.6 Å². The average molecular weight is 259 g/mol. The molecule has 0 bridgehead atoms. The molecule has 0 fully saturated rings. The Labute approximate surface area is 116 Å². The first-order chi connectivity index (χ1) is 9.24. The van der Waals surface area contributed by atoms with Crippen LogP contribution in [-0.2, 0) is 6.54 Å². The van der Waals surface area contributed by atoms with E-state index in [4.69, 9.17) is 4.74 Å². The van der Waals surface area contributed by atoms with Crippen molar-refractivity contribution in [3.05, 3.63) is 42.0 Å². The molecule has 1 aromatic rings. The molecule has 0 radical (unpaired) electrons. The predicted octanol–water partition coefficient (Wildman–Crippen LogP) is 3.92. The first-order valence-corrected chi connectivity index (χ1v) is 7.34. The monoisotopic (exact) mass is 259 g/mol. The Bertz CT molecular complexity index is 386. The maximum atomic E-state index is 5.72. The van der Waals surface area contributed by atoms with Gasteiger partial charge in [0.2, 0.25) is 0 Å². The van der Waals surface area contributed by atoms with Gasteiger partial charge in [0.1, 0.15) is 5.75 Å². The number of hydrogen-bond acceptors (Lipinski definition) is 2. The zero-order chi connectivity index (χ0) is 13.5. The minimum atomic E-state index is 0.627. The minimum Gasteiger partial charge on any atom is -0.494 e. The highest BCUT2D eigenvalue weighted by Crippen LogP contribution is 2.15. The highest BCUT2D eigenvalue weighted by atomic mass is 16.5. The van der Waals surface area contributed by atoms with Crippen molar-refractivity contribution in [2.45, 2.75) is 45.7 Å². The molecule has 1 aromatic carbocycles. The number of hydrogen-bond donors (Lipinski definition) is 1. The lowest BCUT2D eigenvalue weighted by Crippen LogP contribution is -2.25. The number of benzene rings is 1. The largest absolute Gasteiger partial charge is 0.494 e. The van der Waals surface area contributed by atoms with Crippen LogP contribution in [0.5, 0.6) is 5.75 Å².